The number of carboxylic acids is 1. The van der Waals surface area contributed by atoms with Crippen LogP contribution in [-0.4, -0.2) is 41.8 Å². The highest BCUT2D eigenvalue weighted by Crippen LogP contribution is 2.44. The Bertz CT molecular complexity index is 858. The summed E-state index contributed by atoms with van der Waals surface area (Å²) in [5.74, 6) is -0.989. The lowest BCUT2D eigenvalue weighted by atomic mass is 9.83. The monoisotopic (exact) mass is 393 g/mol. The van der Waals surface area contributed by atoms with Gasteiger partial charge in [0.25, 0.3) is 0 Å². The molecular formula is C24H27NO4. The number of nitrogens with zero attached hydrogens (tertiary/aromatic N) is 1. The first-order valence-corrected chi connectivity index (χ1v) is 10.4. The highest BCUT2D eigenvalue weighted by atomic mass is 16.6. The van der Waals surface area contributed by atoms with E-state index >= 15 is 0 Å². The maximum Gasteiger partial charge on any atom is 0.410 e. The first-order valence-electron chi connectivity index (χ1n) is 10.4. The summed E-state index contributed by atoms with van der Waals surface area (Å²) in [5.41, 5.74) is 4.63. The predicted molar refractivity (Wildman–Crippen MR) is 111 cm³/mol. The second-order valence-electron chi connectivity index (χ2n) is 8.10. The minimum absolute atomic E-state index is 0.00766. The molecule has 0 aliphatic heterocycles. The van der Waals surface area contributed by atoms with Gasteiger partial charge in [-0.3, -0.25) is 4.90 Å². The van der Waals surface area contributed by atoms with Gasteiger partial charge in [0.2, 0.25) is 0 Å². The van der Waals surface area contributed by atoms with E-state index in [1.165, 1.54) is 16.0 Å². The Balaban J connectivity index is 1.48. The minimum atomic E-state index is -0.951. The molecule has 0 aromatic heterocycles. The van der Waals surface area contributed by atoms with E-state index in [-0.39, 0.29) is 18.4 Å². The molecular weight excluding hydrogens is 366 g/mol. The van der Waals surface area contributed by atoms with Crippen molar-refractivity contribution in [3.8, 4) is 11.1 Å². The number of fused-ring (bicyclic) bond motifs is 3. The van der Waals surface area contributed by atoms with Crippen molar-refractivity contribution in [1.82, 2.24) is 4.90 Å². The smallest absolute Gasteiger partial charge is 0.410 e. The molecule has 4 rings (SSSR count). The number of hydrogen-bond acceptors (Lipinski definition) is 3. The molecule has 1 atom stereocenters. The number of likely N-dealkylation sites (N-methyl/N-ethyl adjacent to an activating group) is 1. The summed E-state index contributed by atoms with van der Waals surface area (Å²) in [6, 6.07) is 15.5. The topological polar surface area (TPSA) is 66.8 Å². The van der Waals surface area contributed by atoms with Gasteiger partial charge < -0.3 is 9.84 Å². The molecule has 0 unspecified atom stereocenters. The molecule has 5 nitrogen and oxygen atoms in total. The third-order valence-electron chi connectivity index (χ3n) is 6.39. The molecule has 5 heteroatoms. The average molecular weight is 393 g/mol. The molecule has 1 amide bonds. The van der Waals surface area contributed by atoms with E-state index in [2.05, 4.69) is 24.3 Å². The maximum atomic E-state index is 12.8. The number of amides is 1. The van der Waals surface area contributed by atoms with Crippen LogP contribution in [0.3, 0.4) is 0 Å². The van der Waals surface area contributed by atoms with Crippen molar-refractivity contribution in [3.63, 3.8) is 0 Å². The SMILES string of the molecule is CN(C(=O)OCC1c2ccccc2-c2ccccc21)[C@H](C(=O)O)C1CCCCC1. The fraction of sp³-hybridized carbons (Fsp3) is 0.417. The second-order valence-corrected chi connectivity index (χ2v) is 8.10. The van der Waals surface area contributed by atoms with Gasteiger partial charge in [0, 0.05) is 13.0 Å². The van der Waals surface area contributed by atoms with Gasteiger partial charge in [-0.15, -0.1) is 0 Å². The first-order chi connectivity index (χ1) is 14.1. The summed E-state index contributed by atoms with van der Waals surface area (Å²) < 4.78 is 5.65. The molecule has 0 heterocycles. The summed E-state index contributed by atoms with van der Waals surface area (Å²) in [7, 11) is 1.55. The van der Waals surface area contributed by atoms with E-state index in [9.17, 15) is 14.7 Å². The lowest BCUT2D eigenvalue weighted by Crippen LogP contribution is -2.48. The number of carbonyl (C=O) groups excluding carboxylic acids is 1. The van der Waals surface area contributed by atoms with E-state index < -0.39 is 18.1 Å². The molecule has 1 N–H and O–H groups in total. The minimum Gasteiger partial charge on any atom is -0.480 e. The lowest BCUT2D eigenvalue weighted by Gasteiger charge is -2.33. The summed E-state index contributed by atoms with van der Waals surface area (Å²) in [5, 5.41) is 9.74. The van der Waals surface area contributed by atoms with Gasteiger partial charge in [0.05, 0.1) is 0 Å². The highest BCUT2D eigenvalue weighted by molar-refractivity contribution is 5.81. The Morgan fingerprint density at radius 1 is 1.00 bits per heavy atom. The number of aliphatic carboxylic acids is 1. The van der Waals surface area contributed by atoms with E-state index in [1.807, 2.05) is 24.3 Å². The normalized spacial score (nSPS) is 17.3. The van der Waals surface area contributed by atoms with E-state index in [0.717, 1.165) is 43.2 Å². The largest absolute Gasteiger partial charge is 0.480 e. The van der Waals surface area contributed by atoms with Crippen LogP contribution in [0.4, 0.5) is 4.79 Å². The molecule has 2 aliphatic rings. The fourth-order valence-electron chi connectivity index (χ4n) is 4.94. The van der Waals surface area contributed by atoms with Gasteiger partial charge in [0.15, 0.2) is 0 Å². The van der Waals surface area contributed by atoms with Gasteiger partial charge in [0.1, 0.15) is 12.6 Å². The van der Waals surface area contributed by atoms with Crippen molar-refractivity contribution >= 4 is 12.1 Å². The average Bonchev–Trinajstić information content (AvgIpc) is 3.06. The van der Waals surface area contributed by atoms with Crippen LogP contribution in [0.5, 0.6) is 0 Å². The van der Waals surface area contributed by atoms with Gasteiger partial charge in [-0.2, -0.15) is 0 Å². The molecule has 0 bridgehead atoms. The molecule has 0 radical (unpaired) electrons. The van der Waals surface area contributed by atoms with Crippen molar-refractivity contribution in [2.45, 2.75) is 44.1 Å². The lowest BCUT2D eigenvalue weighted by molar-refractivity contribution is -0.144. The van der Waals surface area contributed by atoms with E-state index in [4.69, 9.17) is 4.74 Å². The highest BCUT2D eigenvalue weighted by Gasteiger charge is 2.36. The number of carboxylic acid groups (broad SMARTS) is 1. The van der Waals surface area contributed by atoms with E-state index in [1.54, 1.807) is 7.05 Å². The number of rotatable bonds is 5. The maximum absolute atomic E-state index is 12.8. The Morgan fingerprint density at radius 3 is 2.10 bits per heavy atom. The fourth-order valence-corrected chi connectivity index (χ4v) is 4.94. The molecule has 0 spiro atoms. The van der Waals surface area contributed by atoms with Crippen molar-refractivity contribution in [2.24, 2.45) is 5.92 Å². The molecule has 1 saturated carbocycles. The zero-order valence-corrected chi connectivity index (χ0v) is 16.7. The Morgan fingerprint density at radius 2 is 1.55 bits per heavy atom. The molecule has 0 saturated heterocycles. The molecule has 29 heavy (non-hydrogen) atoms. The Labute approximate surface area is 171 Å². The van der Waals surface area contributed by atoms with Crippen LogP contribution in [0.1, 0.15) is 49.1 Å². The van der Waals surface area contributed by atoms with Gasteiger partial charge in [-0.05, 0) is 41.0 Å². The van der Waals surface area contributed by atoms with Crippen molar-refractivity contribution in [1.29, 1.82) is 0 Å². The number of carbonyl (C=O) groups is 2. The van der Waals surface area contributed by atoms with Crippen LogP contribution in [0.2, 0.25) is 0 Å². The van der Waals surface area contributed by atoms with Crippen LogP contribution < -0.4 is 0 Å². The van der Waals surface area contributed by atoms with Gasteiger partial charge in [-0.25, -0.2) is 9.59 Å². The molecule has 2 aromatic carbocycles. The Hall–Kier alpha value is -2.82. The number of hydrogen-bond donors (Lipinski definition) is 1. The summed E-state index contributed by atoms with van der Waals surface area (Å²) in [6.07, 6.45) is 4.30. The zero-order chi connectivity index (χ0) is 20.4. The molecule has 2 aromatic rings. The first kappa shape index (κ1) is 19.5. The summed E-state index contributed by atoms with van der Waals surface area (Å²) in [6.45, 7) is 0.203. The van der Waals surface area contributed by atoms with Crippen molar-refractivity contribution in [3.05, 3.63) is 59.7 Å². The van der Waals surface area contributed by atoms with Crippen molar-refractivity contribution in [2.75, 3.05) is 13.7 Å². The zero-order valence-electron chi connectivity index (χ0n) is 16.7. The third-order valence-corrected chi connectivity index (χ3v) is 6.39. The Kier molecular flexibility index (Phi) is 5.56. The van der Waals surface area contributed by atoms with Gasteiger partial charge >= 0.3 is 12.1 Å². The van der Waals surface area contributed by atoms with Gasteiger partial charge in [-0.1, -0.05) is 67.8 Å². The molecule has 152 valence electrons. The van der Waals surface area contributed by atoms with Crippen LogP contribution >= 0.6 is 0 Å². The summed E-state index contributed by atoms with van der Waals surface area (Å²) >= 11 is 0. The van der Waals surface area contributed by atoms with Crippen LogP contribution in [0, 0.1) is 5.92 Å². The van der Waals surface area contributed by atoms with Crippen LogP contribution in [0.15, 0.2) is 48.5 Å². The van der Waals surface area contributed by atoms with Crippen LogP contribution in [0.25, 0.3) is 11.1 Å². The van der Waals surface area contributed by atoms with Crippen molar-refractivity contribution < 1.29 is 19.4 Å². The quantitative estimate of drug-likeness (QED) is 0.784. The predicted octanol–water partition coefficient (Wildman–Crippen LogP) is 4.90. The number of benzene rings is 2. The summed E-state index contributed by atoms with van der Waals surface area (Å²) in [4.78, 5) is 25.9. The molecule has 1 fully saturated rings. The van der Waals surface area contributed by atoms with Crippen LogP contribution in [-0.2, 0) is 9.53 Å². The molecule has 2 aliphatic carbocycles. The standard InChI is InChI=1S/C24H27NO4/c1-25(22(23(26)27)16-9-3-2-4-10-16)24(28)29-15-21-19-13-7-5-11-17(19)18-12-6-8-14-20(18)21/h5-8,11-14,16,21-22H,2-4,9-10,15H2,1H3,(H,26,27)/t22-/m0/s1. The third kappa shape index (κ3) is 3.74. The second kappa shape index (κ2) is 8.27. The van der Waals surface area contributed by atoms with E-state index in [0.29, 0.717) is 0 Å². The number of ether oxygens (including phenoxy) is 1.